The predicted octanol–water partition coefficient (Wildman–Crippen LogP) is 2.35. The maximum absolute atomic E-state index is 13.2. The quantitative estimate of drug-likeness (QED) is 0.811. The van der Waals surface area contributed by atoms with Crippen LogP contribution in [0.15, 0.2) is 22.4 Å². The molecule has 0 spiro atoms. The minimum absolute atomic E-state index is 0.170. The van der Waals surface area contributed by atoms with Gasteiger partial charge in [0.2, 0.25) is 10.0 Å². The number of nitrogens with one attached hydrogen (secondary N) is 1. The van der Waals surface area contributed by atoms with Crippen LogP contribution in [-0.2, 0) is 16.4 Å². The molecule has 21 heavy (non-hydrogen) atoms. The lowest BCUT2D eigenvalue weighted by Crippen LogP contribution is -2.26. The Morgan fingerprint density at radius 1 is 1.48 bits per heavy atom. The molecule has 0 bridgehead atoms. The van der Waals surface area contributed by atoms with Crippen molar-refractivity contribution in [3.05, 3.63) is 39.1 Å². The number of sulfonamides is 1. The van der Waals surface area contributed by atoms with Gasteiger partial charge in [-0.2, -0.15) is 0 Å². The SMILES string of the molecule is Cc1csc(CCNS(=O)(=O)c2cc(N)c(F)cc2Cl)n1. The zero-order chi connectivity index (χ0) is 15.6. The lowest BCUT2D eigenvalue weighted by atomic mass is 10.3. The van der Waals surface area contributed by atoms with E-state index in [-0.39, 0.29) is 22.2 Å². The van der Waals surface area contributed by atoms with E-state index in [1.807, 2.05) is 12.3 Å². The first kappa shape index (κ1) is 16.2. The summed E-state index contributed by atoms with van der Waals surface area (Å²) in [6, 6.07) is 1.89. The number of thiazole rings is 1. The number of aryl methyl sites for hydroxylation is 1. The summed E-state index contributed by atoms with van der Waals surface area (Å²) in [6.45, 7) is 2.04. The second kappa shape index (κ2) is 6.27. The molecule has 0 radical (unpaired) electrons. The molecular weight excluding hydrogens is 337 g/mol. The molecule has 0 unspecified atom stereocenters. The van der Waals surface area contributed by atoms with E-state index in [1.165, 1.54) is 11.3 Å². The molecular formula is C12H13ClFN3O2S2. The summed E-state index contributed by atoms with van der Waals surface area (Å²) >= 11 is 7.22. The highest BCUT2D eigenvalue weighted by atomic mass is 35.5. The molecule has 0 amide bonds. The van der Waals surface area contributed by atoms with Crippen molar-refractivity contribution < 1.29 is 12.8 Å². The van der Waals surface area contributed by atoms with E-state index in [4.69, 9.17) is 17.3 Å². The topological polar surface area (TPSA) is 85.1 Å². The largest absolute Gasteiger partial charge is 0.396 e. The molecule has 0 saturated heterocycles. The van der Waals surface area contributed by atoms with E-state index in [0.29, 0.717) is 6.42 Å². The van der Waals surface area contributed by atoms with Crippen molar-refractivity contribution in [1.82, 2.24) is 9.71 Å². The molecule has 1 aromatic carbocycles. The van der Waals surface area contributed by atoms with Crippen LogP contribution in [0.5, 0.6) is 0 Å². The second-order valence-electron chi connectivity index (χ2n) is 4.33. The summed E-state index contributed by atoms with van der Waals surface area (Å²) in [5.74, 6) is -0.753. The minimum atomic E-state index is -3.85. The van der Waals surface area contributed by atoms with E-state index in [2.05, 4.69) is 9.71 Å². The van der Waals surface area contributed by atoms with Gasteiger partial charge < -0.3 is 5.73 Å². The minimum Gasteiger partial charge on any atom is -0.396 e. The van der Waals surface area contributed by atoms with Crippen molar-refractivity contribution in [3.8, 4) is 0 Å². The third-order valence-electron chi connectivity index (χ3n) is 2.64. The molecule has 0 saturated carbocycles. The van der Waals surface area contributed by atoms with Crippen LogP contribution in [0.3, 0.4) is 0 Å². The fourth-order valence-electron chi connectivity index (χ4n) is 1.64. The van der Waals surface area contributed by atoms with Crippen LogP contribution in [0.4, 0.5) is 10.1 Å². The Bertz CT molecular complexity index is 762. The molecule has 3 N–H and O–H groups in total. The molecule has 0 aliphatic heterocycles. The molecule has 0 aliphatic carbocycles. The van der Waals surface area contributed by atoms with Gasteiger partial charge in [0.05, 0.1) is 15.7 Å². The standard InChI is InChI=1S/C12H13ClFN3O2S2/c1-7-6-20-12(17-7)2-3-16-21(18,19)11-5-10(15)9(14)4-8(11)13/h4-6,16H,2-3,15H2,1H3. The lowest BCUT2D eigenvalue weighted by molar-refractivity contribution is 0.581. The summed E-state index contributed by atoms with van der Waals surface area (Å²) in [4.78, 5) is 4.00. The van der Waals surface area contributed by atoms with Gasteiger partial charge in [-0.25, -0.2) is 22.5 Å². The first-order chi connectivity index (χ1) is 9.79. The van der Waals surface area contributed by atoms with Crippen LogP contribution < -0.4 is 10.5 Å². The number of nitrogens with two attached hydrogens (primary N) is 1. The number of hydrogen-bond acceptors (Lipinski definition) is 5. The Labute approximate surface area is 131 Å². The molecule has 1 aromatic heterocycles. The third-order valence-corrected chi connectivity index (χ3v) is 5.59. The van der Waals surface area contributed by atoms with Crippen molar-refractivity contribution >= 4 is 38.6 Å². The van der Waals surface area contributed by atoms with Crippen LogP contribution in [0, 0.1) is 12.7 Å². The highest BCUT2D eigenvalue weighted by Crippen LogP contribution is 2.26. The van der Waals surface area contributed by atoms with Crippen LogP contribution in [0.2, 0.25) is 5.02 Å². The highest BCUT2D eigenvalue weighted by Gasteiger charge is 2.19. The van der Waals surface area contributed by atoms with Gasteiger partial charge in [-0.3, -0.25) is 0 Å². The fourth-order valence-corrected chi connectivity index (χ4v) is 3.99. The van der Waals surface area contributed by atoms with E-state index in [9.17, 15) is 12.8 Å². The maximum atomic E-state index is 13.2. The molecule has 0 aliphatic rings. The van der Waals surface area contributed by atoms with Crippen LogP contribution in [-0.4, -0.2) is 19.9 Å². The molecule has 114 valence electrons. The molecule has 9 heteroatoms. The Balaban J connectivity index is 2.10. The Morgan fingerprint density at radius 2 is 2.19 bits per heavy atom. The second-order valence-corrected chi connectivity index (χ2v) is 7.42. The molecule has 0 fully saturated rings. The first-order valence-corrected chi connectivity index (χ1v) is 8.69. The van der Waals surface area contributed by atoms with Gasteiger partial charge in [-0.15, -0.1) is 11.3 Å². The predicted molar refractivity (Wildman–Crippen MR) is 81.6 cm³/mol. The fraction of sp³-hybridized carbons (Fsp3) is 0.250. The third kappa shape index (κ3) is 3.91. The summed E-state index contributed by atoms with van der Waals surface area (Å²) in [5.41, 5.74) is 6.00. The number of hydrogen-bond donors (Lipinski definition) is 2. The van der Waals surface area contributed by atoms with Gasteiger partial charge in [-0.05, 0) is 19.1 Å². The van der Waals surface area contributed by atoms with Gasteiger partial charge in [0, 0.05) is 24.0 Å². The van der Waals surface area contributed by atoms with Gasteiger partial charge in [0.15, 0.2) is 0 Å². The number of halogens is 2. The molecule has 2 rings (SSSR count). The van der Waals surface area contributed by atoms with E-state index >= 15 is 0 Å². The molecule has 5 nitrogen and oxygen atoms in total. The Hall–Kier alpha value is -1.22. The number of nitrogens with zero attached hydrogens (tertiary/aromatic N) is 1. The number of anilines is 1. The van der Waals surface area contributed by atoms with Crippen LogP contribution in [0.1, 0.15) is 10.7 Å². The average Bonchev–Trinajstić information content (AvgIpc) is 2.79. The van der Waals surface area contributed by atoms with Crippen molar-refractivity contribution in [1.29, 1.82) is 0 Å². The Kier molecular flexibility index (Phi) is 4.82. The summed E-state index contributed by atoms with van der Waals surface area (Å²) < 4.78 is 39.8. The van der Waals surface area contributed by atoms with Crippen molar-refractivity contribution in [2.45, 2.75) is 18.2 Å². The first-order valence-electron chi connectivity index (χ1n) is 5.95. The number of benzene rings is 1. The van der Waals surface area contributed by atoms with Gasteiger partial charge >= 0.3 is 0 Å². The number of aromatic nitrogens is 1. The Morgan fingerprint density at radius 3 is 2.81 bits per heavy atom. The van der Waals surface area contributed by atoms with E-state index in [0.717, 1.165) is 22.8 Å². The van der Waals surface area contributed by atoms with E-state index in [1.54, 1.807) is 0 Å². The summed E-state index contributed by atoms with van der Waals surface area (Å²) in [5, 5.41) is 2.51. The summed E-state index contributed by atoms with van der Waals surface area (Å²) in [7, 11) is -3.85. The summed E-state index contributed by atoms with van der Waals surface area (Å²) in [6.07, 6.45) is 0.464. The number of nitrogen functional groups attached to an aromatic ring is 1. The molecule has 2 aromatic rings. The normalized spacial score (nSPS) is 11.8. The smallest absolute Gasteiger partial charge is 0.242 e. The lowest BCUT2D eigenvalue weighted by Gasteiger charge is -2.09. The molecule has 0 atom stereocenters. The van der Waals surface area contributed by atoms with Crippen molar-refractivity contribution in [3.63, 3.8) is 0 Å². The number of rotatable bonds is 5. The van der Waals surface area contributed by atoms with Crippen LogP contribution in [0.25, 0.3) is 0 Å². The average molecular weight is 350 g/mol. The van der Waals surface area contributed by atoms with Gasteiger partial charge in [0.1, 0.15) is 10.7 Å². The van der Waals surface area contributed by atoms with E-state index < -0.39 is 15.8 Å². The van der Waals surface area contributed by atoms with Crippen LogP contribution >= 0.6 is 22.9 Å². The van der Waals surface area contributed by atoms with Gasteiger partial charge in [0.25, 0.3) is 0 Å². The zero-order valence-corrected chi connectivity index (χ0v) is 13.4. The van der Waals surface area contributed by atoms with Crippen molar-refractivity contribution in [2.24, 2.45) is 0 Å². The monoisotopic (exact) mass is 349 g/mol. The zero-order valence-electron chi connectivity index (χ0n) is 11.1. The van der Waals surface area contributed by atoms with Gasteiger partial charge in [-0.1, -0.05) is 11.6 Å². The maximum Gasteiger partial charge on any atom is 0.242 e. The van der Waals surface area contributed by atoms with Crippen molar-refractivity contribution in [2.75, 3.05) is 12.3 Å². The molecule has 1 heterocycles. The highest BCUT2D eigenvalue weighted by molar-refractivity contribution is 7.89.